The summed E-state index contributed by atoms with van der Waals surface area (Å²) in [5, 5.41) is 0. The summed E-state index contributed by atoms with van der Waals surface area (Å²) >= 11 is 0. The van der Waals surface area contributed by atoms with E-state index in [1.54, 1.807) is 0 Å². The Labute approximate surface area is 104 Å². The molecule has 0 unspecified atom stereocenters. The van der Waals surface area contributed by atoms with Crippen molar-refractivity contribution in [1.29, 1.82) is 0 Å². The van der Waals surface area contributed by atoms with Gasteiger partial charge in [-0.25, -0.2) is 0 Å². The zero-order chi connectivity index (χ0) is 12.8. The second kappa shape index (κ2) is 3.69. The van der Waals surface area contributed by atoms with Crippen molar-refractivity contribution in [2.24, 2.45) is 0 Å². The van der Waals surface area contributed by atoms with Gasteiger partial charge in [-0.2, -0.15) is 0 Å². The number of benzene rings is 1. The van der Waals surface area contributed by atoms with Crippen LogP contribution in [0.3, 0.4) is 0 Å². The Bertz CT molecular complexity index is 461. The third-order valence-electron chi connectivity index (χ3n) is 3.96. The highest BCUT2D eigenvalue weighted by Gasteiger charge is 2.35. The summed E-state index contributed by atoms with van der Waals surface area (Å²) in [6.07, 6.45) is 1.59. The maximum absolute atomic E-state index is 12.0. The molecule has 0 aliphatic heterocycles. The molecule has 1 aromatic carbocycles. The average Bonchev–Trinajstić information content (AvgIpc) is 2.22. The monoisotopic (exact) mass is 230 g/mol. The molecular weight excluding hydrogens is 208 g/mol. The number of hydrogen-bond acceptors (Lipinski definition) is 1. The SMILES string of the molecule is CC(C)(C)c1ccc2c(c1)CCC(=O)C2(C)C. The summed E-state index contributed by atoms with van der Waals surface area (Å²) in [5.74, 6) is 0.369. The predicted molar refractivity (Wildman–Crippen MR) is 71.5 cm³/mol. The van der Waals surface area contributed by atoms with Gasteiger partial charge in [-0.1, -0.05) is 39.0 Å². The molecule has 0 saturated carbocycles. The van der Waals surface area contributed by atoms with Crippen molar-refractivity contribution in [1.82, 2.24) is 0 Å². The molecule has 0 radical (unpaired) electrons. The summed E-state index contributed by atoms with van der Waals surface area (Å²) in [4.78, 5) is 12.0. The van der Waals surface area contributed by atoms with Crippen LogP contribution >= 0.6 is 0 Å². The second-order valence-corrected chi connectivity index (χ2v) is 6.67. The van der Waals surface area contributed by atoms with E-state index in [9.17, 15) is 4.79 Å². The molecule has 0 amide bonds. The minimum atomic E-state index is -0.302. The first-order valence-corrected chi connectivity index (χ1v) is 6.40. The van der Waals surface area contributed by atoms with Crippen LogP contribution in [0.1, 0.15) is 57.7 Å². The van der Waals surface area contributed by atoms with Gasteiger partial charge in [0.25, 0.3) is 0 Å². The van der Waals surface area contributed by atoms with Gasteiger partial charge >= 0.3 is 0 Å². The Hall–Kier alpha value is -1.11. The van der Waals surface area contributed by atoms with Crippen molar-refractivity contribution >= 4 is 5.78 Å². The zero-order valence-corrected chi connectivity index (χ0v) is 11.6. The number of fused-ring (bicyclic) bond motifs is 1. The molecule has 0 atom stereocenters. The fourth-order valence-corrected chi connectivity index (χ4v) is 2.59. The number of hydrogen-bond donors (Lipinski definition) is 0. The fourth-order valence-electron chi connectivity index (χ4n) is 2.59. The maximum atomic E-state index is 12.0. The number of ketones is 1. The molecule has 1 nitrogen and oxygen atoms in total. The van der Waals surface area contributed by atoms with E-state index in [2.05, 4.69) is 39.0 Å². The Morgan fingerprint density at radius 1 is 1.12 bits per heavy atom. The first kappa shape index (κ1) is 12.3. The van der Waals surface area contributed by atoms with Gasteiger partial charge in [0, 0.05) is 11.8 Å². The number of aryl methyl sites for hydroxylation is 1. The van der Waals surface area contributed by atoms with Crippen LogP contribution in [0.5, 0.6) is 0 Å². The predicted octanol–water partition coefficient (Wildman–Crippen LogP) is 3.78. The van der Waals surface area contributed by atoms with Crippen molar-refractivity contribution < 1.29 is 4.79 Å². The maximum Gasteiger partial charge on any atom is 0.143 e. The van der Waals surface area contributed by atoms with Gasteiger partial charge in [-0.15, -0.1) is 0 Å². The first-order valence-electron chi connectivity index (χ1n) is 6.40. The van der Waals surface area contributed by atoms with E-state index in [1.807, 2.05) is 13.8 Å². The van der Waals surface area contributed by atoms with E-state index in [0.29, 0.717) is 12.2 Å². The van der Waals surface area contributed by atoms with E-state index in [-0.39, 0.29) is 10.8 Å². The number of carbonyl (C=O) groups is 1. The Kier molecular flexibility index (Phi) is 2.68. The summed E-state index contributed by atoms with van der Waals surface area (Å²) in [5.41, 5.74) is 3.83. The lowest BCUT2D eigenvalue weighted by atomic mass is 9.70. The van der Waals surface area contributed by atoms with E-state index in [1.165, 1.54) is 16.7 Å². The average molecular weight is 230 g/mol. The van der Waals surface area contributed by atoms with Crippen LogP contribution < -0.4 is 0 Å². The molecule has 1 heteroatoms. The van der Waals surface area contributed by atoms with E-state index >= 15 is 0 Å². The summed E-state index contributed by atoms with van der Waals surface area (Å²) in [6, 6.07) is 6.63. The molecule has 0 N–H and O–H groups in total. The van der Waals surface area contributed by atoms with Crippen molar-refractivity contribution in [3.05, 3.63) is 34.9 Å². The zero-order valence-electron chi connectivity index (χ0n) is 11.6. The molecule has 1 aliphatic rings. The fraction of sp³-hybridized carbons (Fsp3) is 0.562. The molecule has 1 aromatic rings. The minimum Gasteiger partial charge on any atom is -0.299 e. The van der Waals surface area contributed by atoms with Gasteiger partial charge in [0.05, 0.1) is 0 Å². The van der Waals surface area contributed by atoms with Crippen molar-refractivity contribution in [3.63, 3.8) is 0 Å². The van der Waals surface area contributed by atoms with Gasteiger partial charge < -0.3 is 0 Å². The quantitative estimate of drug-likeness (QED) is 0.663. The van der Waals surface area contributed by atoms with Gasteiger partial charge in [0.1, 0.15) is 5.78 Å². The number of rotatable bonds is 0. The standard InChI is InChI=1S/C16H22O/c1-15(2,3)12-7-8-13-11(10-12)6-9-14(17)16(13,4)5/h7-8,10H,6,9H2,1-5H3. The molecule has 17 heavy (non-hydrogen) atoms. The highest BCUT2D eigenvalue weighted by molar-refractivity contribution is 5.91. The summed E-state index contributed by atoms with van der Waals surface area (Å²) < 4.78 is 0. The van der Waals surface area contributed by atoms with Crippen LogP contribution in [-0.2, 0) is 22.0 Å². The molecule has 0 heterocycles. The smallest absolute Gasteiger partial charge is 0.143 e. The van der Waals surface area contributed by atoms with Crippen LogP contribution in [-0.4, -0.2) is 5.78 Å². The Morgan fingerprint density at radius 3 is 2.35 bits per heavy atom. The number of carbonyl (C=O) groups excluding carboxylic acids is 1. The molecule has 0 aromatic heterocycles. The summed E-state index contributed by atoms with van der Waals surface area (Å²) in [7, 11) is 0. The molecule has 0 bridgehead atoms. The van der Waals surface area contributed by atoms with Gasteiger partial charge in [0.15, 0.2) is 0 Å². The van der Waals surface area contributed by atoms with Crippen LogP contribution in [0.25, 0.3) is 0 Å². The van der Waals surface area contributed by atoms with Gasteiger partial charge in [0.2, 0.25) is 0 Å². The molecule has 0 saturated heterocycles. The lowest BCUT2D eigenvalue weighted by Gasteiger charge is -2.32. The van der Waals surface area contributed by atoms with E-state index in [0.717, 1.165) is 6.42 Å². The van der Waals surface area contributed by atoms with Crippen LogP contribution in [0, 0.1) is 0 Å². The molecule has 92 valence electrons. The van der Waals surface area contributed by atoms with Gasteiger partial charge in [-0.05, 0) is 42.4 Å². The topological polar surface area (TPSA) is 17.1 Å². The third-order valence-corrected chi connectivity index (χ3v) is 3.96. The van der Waals surface area contributed by atoms with E-state index in [4.69, 9.17) is 0 Å². The summed E-state index contributed by atoms with van der Waals surface area (Å²) in [6.45, 7) is 10.8. The van der Waals surface area contributed by atoms with E-state index < -0.39 is 0 Å². The third kappa shape index (κ3) is 2.03. The largest absolute Gasteiger partial charge is 0.299 e. The molecule has 0 spiro atoms. The van der Waals surface area contributed by atoms with Crippen molar-refractivity contribution in [3.8, 4) is 0 Å². The lowest BCUT2D eigenvalue weighted by molar-refractivity contribution is -0.124. The highest BCUT2D eigenvalue weighted by Crippen LogP contribution is 2.36. The Morgan fingerprint density at radius 2 is 1.76 bits per heavy atom. The Balaban J connectivity index is 2.53. The van der Waals surface area contributed by atoms with Crippen LogP contribution in [0.4, 0.5) is 0 Å². The molecule has 0 fully saturated rings. The second-order valence-electron chi connectivity index (χ2n) is 6.67. The minimum absolute atomic E-state index is 0.181. The lowest BCUT2D eigenvalue weighted by Crippen LogP contribution is -2.34. The van der Waals surface area contributed by atoms with Crippen molar-refractivity contribution in [2.75, 3.05) is 0 Å². The van der Waals surface area contributed by atoms with Crippen LogP contribution in [0.15, 0.2) is 18.2 Å². The molecular formula is C16H22O. The number of Topliss-reactive ketones (excluding diaryl/α,β-unsaturated/α-hetero) is 1. The van der Waals surface area contributed by atoms with Crippen LogP contribution in [0.2, 0.25) is 0 Å². The molecule has 2 rings (SSSR count). The normalized spacial score (nSPS) is 19.0. The highest BCUT2D eigenvalue weighted by atomic mass is 16.1. The molecule has 1 aliphatic carbocycles. The van der Waals surface area contributed by atoms with Crippen molar-refractivity contribution in [2.45, 2.75) is 58.3 Å². The van der Waals surface area contributed by atoms with Gasteiger partial charge in [-0.3, -0.25) is 4.79 Å². The first-order chi connectivity index (χ1) is 7.73.